The second-order valence-electron chi connectivity index (χ2n) is 7.51. The summed E-state index contributed by atoms with van der Waals surface area (Å²) in [7, 11) is 3.23. The number of hydrogen-bond acceptors (Lipinski definition) is 6. The lowest BCUT2D eigenvalue weighted by Crippen LogP contribution is -2.54. The molecule has 1 N–H and O–H groups in total. The van der Waals surface area contributed by atoms with Gasteiger partial charge in [-0.05, 0) is 46.7 Å². The zero-order chi connectivity index (χ0) is 22.3. The molecule has 0 saturated carbocycles. The summed E-state index contributed by atoms with van der Waals surface area (Å²) in [6.07, 6.45) is 5.28. The molecule has 1 amide bonds. The third kappa shape index (κ3) is 3.06. The Kier molecular flexibility index (Phi) is 5.37. The third-order valence-electron chi connectivity index (χ3n) is 6.02. The number of amides is 1. The van der Waals surface area contributed by atoms with E-state index in [0.717, 1.165) is 0 Å². The highest BCUT2D eigenvalue weighted by molar-refractivity contribution is 9.10. The maximum absolute atomic E-state index is 13.2. The quantitative estimate of drug-likeness (QED) is 0.397. The van der Waals surface area contributed by atoms with Crippen LogP contribution in [-0.2, 0) is 10.3 Å². The smallest absolute Gasteiger partial charge is 0.256 e. The number of ether oxygens (including phenoxy) is 2. The number of para-hydroxylation sites is 1. The molecule has 2 aliphatic heterocycles. The Labute approximate surface area is 187 Å². The van der Waals surface area contributed by atoms with E-state index in [1.54, 1.807) is 48.3 Å². The number of nitrogens with zero attached hydrogens (tertiary/aromatic N) is 2. The molecule has 2 aliphatic rings. The molecule has 1 fully saturated rings. The number of anilines is 1. The van der Waals surface area contributed by atoms with Crippen molar-refractivity contribution in [3.63, 3.8) is 0 Å². The molecule has 0 aliphatic carbocycles. The van der Waals surface area contributed by atoms with E-state index < -0.39 is 17.5 Å². The van der Waals surface area contributed by atoms with Gasteiger partial charge in [-0.15, -0.1) is 6.42 Å². The summed E-state index contributed by atoms with van der Waals surface area (Å²) in [5, 5.41) is 15.2. The van der Waals surface area contributed by atoms with E-state index in [2.05, 4.69) is 27.2 Å². The fourth-order valence-electron chi connectivity index (χ4n) is 4.79. The van der Waals surface area contributed by atoms with Crippen LogP contribution in [0.5, 0.6) is 11.5 Å². The van der Waals surface area contributed by atoms with Gasteiger partial charge in [-0.2, -0.15) is 0 Å². The maximum atomic E-state index is 13.2. The maximum Gasteiger partial charge on any atom is 0.256 e. The number of rotatable bonds is 5. The molecule has 1 saturated heterocycles. The van der Waals surface area contributed by atoms with Crippen molar-refractivity contribution in [3.8, 4) is 23.8 Å². The van der Waals surface area contributed by atoms with Crippen molar-refractivity contribution in [1.29, 1.82) is 0 Å². The molecule has 0 radical (unpaired) electrons. The predicted molar refractivity (Wildman–Crippen MR) is 118 cm³/mol. The van der Waals surface area contributed by atoms with E-state index in [-0.39, 0.29) is 17.4 Å². The number of nitro groups is 1. The molecule has 9 heteroatoms. The first-order valence-electron chi connectivity index (χ1n) is 9.55. The molecule has 4 rings (SSSR count). The third-order valence-corrected chi connectivity index (χ3v) is 6.61. The average Bonchev–Trinajstić information content (AvgIpc) is 3.22. The number of carbonyl (C=O) groups excluding carboxylic acids is 1. The standard InChI is InChI=1S/C22H20BrN3O5/c1-4-9-31-19-16(23)10-13(11-18(19)30-3)14-12-25(2)22(20(14)26(28)29)15-7-5-6-8-17(15)24-21(22)27/h1,5-8,10-11,14,20H,9,12H2,2-3H3,(H,24,27)/t14-,20-,22-/m0/s1. The zero-order valence-electron chi connectivity index (χ0n) is 16.9. The summed E-state index contributed by atoms with van der Waals surface area (Å²) >= 11 is 3.46. The monoisotopic (exact) mass is 485 g/mol. The molecular formula is C22H20BrN3O5. The molecule has 31 heavy (non-hydrogen) atoms. The van der Waals surface area contributed by atoms with Crippen LogP contribution in [0.4, 0.5) is 5.69 Å². The lowest BCUT2D eigenvalue weighted by atomic mass is 9.79. The van der Waals surface area contributed by atoms with E-state index >= 15 is 0 Å². The first-order chi connectivity index (χ1) is 14.9. The highest BCUT2D eigenvalue weighted by Gasteiger charge is 2.68. The van der Waals surface area contributed by atoms with Crippen LogP contribution in [0.1, 0.15) is 17.0 Å². The summed E-state index contributed by atoms with van der Waals surface area (Å²) in [6, 6.07) is 9.40. The molecule has 1 spiro atoms. The van der Waals surface area contributed by atoms with E-state index in [0.29, 0.717) is 39.3 Å². The van der Waals surface area contributed by atoms with Gasteiger partial charge in [-0.25, -0.2) is 0 Å². The van der Waals surface area contributed by atoms with Gasteiger partial charge in [0.25, 0.3) is 11.9 Å². The van der Waals surface area contributed by atoms with Gasteiger partial charge in [0, 0.05) is 22.7 Å². The van der Waals surface area contributed by atoms with Crippen LogP contribution in [0, 0.1) is 22.5 Å². The summed E-state index contributed by atoms with van der Waals surface area (Å²) in [4.78, 5) is 27.0. The minimum atomic E-state index is -1.40. The van der Waals surface area contributed by atoms with Crippen LogP contribution < -0.4 is 14.8 Å². The Morgan fingerprint density at radius 3 is 2.84 bits per heavy atom. The number of benzene rings is 2. The van der Waals surface area contributed by atoms with Crippen LogP contribution >= 0.6 is 15.9 Å². The Morgan fingerprint density at radius 1 is 1.42 bits per heavy atom. The fourth-order valence-corrected chi connectivity index (χ4v) is 5.36. The number of nitrogens with one attached hydrogen (secondary N) is 1. The first kappa shape index (κ1) is 21.2. The fraction of sp³-hybridized carbons (Fsp3) is 0.318. The van der Waals surface area contributed by atoms with Gasteiger partial charge in [0.05, 0.1) is 17.5 Å². The summed E-state index contributed by atoms with van der Waals surface area (Å²) in [6.45, 7) is 0.367. The van der Waals surface area contributed by atoms with Crippen LogP contribution in [0.2, 0.25) is 0 Å². The SMILES string of the molecule is C#CCOc1c(Br)cc([C@@H]2CN(C)[C@]3(C(=O)Nc4ccccc43)[C@H]2[N+](=O)[O-])cc1OC. The highest BCUT2D eigenvalue weighted by Crippen LogP contribution is 2.53. The van der Waals surface area contributed by atoms with Crippen molar-refractivity contribution in [2.75, 3.05) is 32.6 Å². The van der Waals surface area contributed by atoms with Crippen molar-refractivity contribution in [1.82, 2.24) is 4.90 Å². The van der Waals surface area contributed by atoms with Gasteiger partial charge >= 0.3 is 0 Å². The summed E-state index contributed by atoms with van der Waals surface area (Å²) in [5.74, 6) is 2.27. The minimum Gasteiger partial charge on any atom is -0.493 e. The lowest BCUT2D eigenvalue weighted by molar-refractivity contribution is -0.534. The Balaban J connectivity index is 1.85. The van der Waals surface area contributed by atoms with Crippen molar-refractivity contribution in [2.45, 2.75) is 17.5 Å². The van der Waals surface area contributed by atoms with E-state index in [4.69, 9.17) is 15.9 Å². The van der Waals surface area contributed by atoms with Crippen molar-refractivity contribution in [3.05, 3.63) is 62.1 Å². The summed E-state index contributed by atoms with van der Waals surface area (Å²) < 4.78 is 11.6. The Bertz CT molecular complexity index is 1110. The molecule has 3 atom stereocenters. The first-order valence-corrected chi connectivity index (χ1v) is 10.3. The van der Waals surface area contributed by atoms with Crippen molar-refractivity contribution >= 4 is 27.5 Å². The summed E-state index contributed by atoms with van der Waals surface area (Å²) in [5.41, 5.74) is 0.484. The topological polar surface area (TPSA) is 93.9 Å². The number of methoxy groups -OCH3 is 1. The van der Waals surface area contributed by atoms with Gasteiger partial charge in [0.1, 0.15) is 6.61 Å². The van der Waals surface area contributed by atoms with Crippen molar-refractivity contribution in [2.24, 2.45) is 0 Å². The van der Waals surface area contributed by atoms with E-state index in [9.17, 15) is 14.9 Å². The van der Waals surface area contributed by atoms with Crippen LogP contribution in [0.3, 0.4) is 0 Å². The molecule has 0 bridgehead atoms. The lowest BCUT2D eigenvalue weighted by Gasteiger charge is -2.30. The van der Waals surface area contributed by atoms with Crippen LogP contribution in [0.15, 0.2) is 40.9 Å². The van der Waals surface area contributed by atoms with Gasteiger partial charge < -0.3 is 14.8 Å². The van der Waals surface area contributed by atoms with Crippen LogP contribution in [-0.4, -0.2) is 49.1 Å². The van der Waals surface area contributed by atoms with Gasteiger partial charge in [0.15, 0.2) is 17.0 Å². The normalized spacial score (nSPS) is 24.5. The molecular weight excluding hydrogens is 466 g/mol. The number of halogens is 1. The van der Waals surface area contributed by atoms with Crippen LogP contribution in [0.25, 0.3) is 0 Å². The number of terminal acetylenes is 1. The molecule has 0 unspecified atom stereocenters. The molecule has 2 heterocycles. The minimum absolute atomic E-state index is 0.0536. The second-order valence-corrected chi connectivity index (χ2v) is 8.36. The second kappa shape index (κ2) is 7.87. The Hall–Kier alpha value is -3.09. The molecule has 160 valence electrons. The molecule has 8 nitrogen and oxygen atoms in total. The molecule has 2 aromatic rings. The molecule has 2 aromatic carbocycles. The van der Waals surface area contributed by atoms with E-state index in [1.165, 1.54) is 7.11 Å². The van der Waals surface area contributed by atoms with E-state index in [1.807, 2.05) is 0 Å². The predicted octanol–water partition coefficient (Wildman–Crippen LogP) is 2.99. The van der Waals surface area contributed by atoms with Crippen molar-refractivity contribution < 1.29 is 19.2 Å². The number of fused-ring (bicyclic) bond motifs is 2. The average molecular weight is 486 g/mol. The number of likely N-dealkylation sites (N-methyl/N-ethyl adjacent to an activating group) is 1. The zero-order valence-corrected chi connectivity index (χ0v) is 18.5. The number of likely N-dealkylation sites (tertiary alicyclic amines) is 1. The van der Waals surface area contributed by atoms with Gasteiger partial charge in [-0.3, -0.25) is 19.8 Å². The largest absolute Gasteiger partial charge is 0.493 e. The number of hydrogen-bond donors (Lipinski definition) is 1. The van der Waals surface area contributed by atoms with Gasteiger partial charge in [-0.1, -0.05) is 24.1 Å². The van der Waals surface area contributed by atoms with Gasteiger partial charge in [0.2, 0.25) is 0 Å². The molecule has 0 aromatic heterocycles. The number of carbonyl (C=O) groups is 1. The highest BCUT2D eigenvalue weighted by atomic mass is 79.9. The Morgan fingerprint density at radius 2 is 2.16 bits per heavy atom.